The molecule has 2 heterocycles. The van der Waals surface area contributed by atoms with E-state index >= 15 is 0 Å². The smallest absolute Gasteiger partial charge is 0.240 e. The highest BCUT2D eigenvalue weighted by molar-refractivity contribution is 7.13. The molecule has 0 saturated carbocycles. The zero-order chi connectivity index (χ0) is 13.0. The highest BCUT2D eigenvalue weighted by atomic mass is 32.1. The van der Waals surface area contributed by atoms with Gasteiger partial charge in [0, 0.05) is 17.6 Å². The molecule has 1 aromatic heterocycles. The van der Waals surface area contributed by atoms with E-state index in [-0.39, 0.29) is 11.9 Å². The summed E-state index contributed by atoms with van der Waals surface area (Å²) in [6.07, 6.45) is 3.86. The first kappa shape index (κ1) is 13.5. The van der Waals surface area contributed by atoms with Crippen LogP contribution >= 0.6 is 11.3 Å². The molecule has 1 aliphatic heterocycles. The number of nitrogens with zero attached hydrogens (tertiary/aromatic N) is 2. The molecule has 5 nitrogen and oxygen atoms in total. The molecule has 0 spiro atoms. The van der Waals surface area contributed by atoms with Crippen LogP contribution in [0.25, 0.3) is 0 Å². The number of likely N-dealkylation sites (tertiary alicyclic amines) is 1. The number of aromatic nitrogens is 1. The van der Waals surface area contributed by atoms with E-state index in [9.17, 15) is 4.79 Å². The Bertz CT molecular complexity index is 371. The van der Waals surface area contributed by atoms with Crippen LogP contribution in [0.15, 0.2) is 11.6 Å². The first-order valence-corrected chi connectivity index (χ1v) is 7.20. The van der Waals surface area contributed by atoms with E-state index in [4.69, 9.17) is 5.73 Å². The molecule has 0 aliphatic carbocycles. The molecule has 18 heavy (non-hydrogen) atoms. The van der Waals surface area contributed by atoms with Gasteiger partial charge in [0.25, 0.3) is 0 Å². The Kier molecular flexibility index (Phi) is 4.68. The molecule has 1 unspecified atom stereocenters. The predicted molar refractivity (Wildman–Crippen MR) is 73.6 cm³/mol. The van der Waals surface area contributed by atoms with Crippen molar-refractivity contribution in [3.8, 4) is 0 Å². The third kappa shape index (κ3) is 3.76. The highest BCUT2D eigenvalue weighted by Crippen LogP contribution is 2.19. The Morgan fingerprint density at radius 2 is 2.39 bits per heavy atom. The zero-order valence-electron chi connectivity index (χ0n) is 10.6. The van der Waals surface area contributed by atoms with Crippen molar-refractivity contribution in [2.45, 2.75) is 25.8 Å². The molecule has 1 fully saturated rings. The van der Waals surface area contributed by atoms with E-state index in [1.807, 2.05) is 5.38 Å². The van der Waals surface area contributed by atoms with Crippen LogP contribution < -0.4 is 11.1 Å². The average molecular weight is 268 g/mol. The van der Waals surface area contributed by atoms with Gasteiger partial charge in [-0.15, -0.1) is 11.3 Å². The number of carbonyl (C=O) groups excluding carboxylic acids is 1. The lowest BCUT2D eigenvalue weighted by atomic mass is 9.91. The second-order valence-corrected chi connectivity index (χ2v) is 5.75. The average Bonchev–Trinajstić information content (AvgIpc) is 2.82. The largest absolute Gasteiger partial charge is 0.328 e. The molecule has 0 aromatic carbocycles. The van der Waals surface area contributed by atoms with E-state index in [0.717, 1.165) is 25.9 Å². The van der Waals surface area contributed by atoms with Gasteiger partial charge in [-0.05, 0) is 38.8 Å². The Labute approximate surface area is 111 Å². The summed E-state index contributed by atoms with van der Waals surface area (Å²) in [7, 11) is 0. The number of amides is 1. The summed E-state index contributed by atoms with van der Waals surface area (Å²) in [5.41, 5.74) is 5.90. The van der Waals surface area contributed by atoms with Crippen molar-refractivity contribution in [1.82, 2.24) is 9.88 Å². The van der Waals surface area contributed by atoms with Crippen LogP contribution in [0.4, 0.5) is 5.13 Å². The topological polar surface area (TPSA) is 71.2 Å². The van der Waals surface area contributed by atoms with Crippen LogP contribution in [0.5, 0.6) is 0 Å². The maximum atomic E-state index is 11.8. The number of nitrogens with one attached hydrogen (secondary N) is 1. The van der Waals surface area contributed by atoms with Crippen LogP contribution in [0.2, 0.25) is 0 Å². The van der Waals surface area contributed by atoms with Gasteiger partial charge in [0.1, 0.15) is 0 Å². The van der Waals surface area contributed by atoms with E-state index in [1.165, 1.54) is 11.3 Å². The van der Waals surface area contributed by atoms with Crippen molar-refractivity contribution >= 4 is 22.4 Å². The number of carbonyl (C=O) groups is 1. The van der Waals surface area contributed by atoms with Gasteiger partial charge in [0.05, 0.1) is 6.54 Å². The van der Waals surface area contributed by atoms with Crippen molar-refractivity contribution in [2.75, 3.05) is 25.0 Å². The minimum absolute atomic E-state index is 0.0178. The van der Waals surface area contributed by atoms with Gasteiger partial charge in [0.2, 0.25) is 5.91 Å². The summed E-state index contributed by atoms with van der Waals surface area (Å²) in [6, 6.07) is 0.260. The normalized spacial score (nSPS) is 19.7. The minimum Gasteiger partial charge on any atom is -0.328 e. The van der Waals surface area contributed by atoms with Gasteiger partial charge in [-0.2, -0.15) is 0 Å². The number of thiazole rings is 1. The van der Waals surface area contributed by atoms with E-state index < -0.39 is 0 Å². The first-order chi connectivity index (χ1) is 8.65. The molecule has 0 radical (unpaired) electrons. The molecular weight excluding hydrogens is 248 g/mol. The number of anilines is 1. The summed E-state index contributed by atoms with van der Waals surface area (Å²) in [6.45, 7) is 4.43. The van der Waals surface area contributed by atoms with Gasteiger partial charge in [-0.1, -0.05) is 0 Å². The highest BCUT2D eigenvalue weighted by Gasteiger charge is 2.23. The van der Waals surface area contributed by atoms with E-state index in [0.29, 0.717) is 17.6 Å². The Balaban J connectivity index is 1.73. The molecule has 1 amide bonds. The molecule has 1 aromatic rings. The maximum Gasteiger partial charge on any atom is 0.240 e. The molecule has 0 bridgehead atoms. The first-order valence-electron chi connectivity index (χ1n) is 6.32. The Morgan fingerprint density at radius 3 is 2.94 bits per heavy atom. The molecule has 1 aliphatic rings. The fourth-order valence-corrected chi connectivity index (χ4v) is 2.83. The van der Waals surface area contributed by atoms with Crippen LogP contribution in [-0.4, -0.2) is 41.5 Å². The van der Waals surface area contributed by atoms with Crippen molar-refractivity contribution < 1.29 is 4.79 Å². The molecule has 100 valence electrons. The SMILES string of the molecule is CC(N)C1CCN(CC(=O)Nc2nccs2)CC1. The molecule has 6 heteroatoms. The Hall–Kier alpha value is -0.980. The minimum atomic E-state index is 0.0178. The van der Waals surface area contributed by atoms with Gasteiger partial charge >= 0.3 is 0 Å². The van der Waals surface area contributed by atoms with Crippen LogP contribution in [0.1, 0.15) is 19.8 Å². The fourth-order valence-electron chi connectivity index (χ4n) is 2.28. The monoisotopic (exact) mass is 268 g/mol. The number of hydrogen-bond acceptors (Lipinski definition) is 5. The van der Waals surface area contributed by atoms with Gasteiger partial charge in [-0.25, -0.2) is 4.98 Å². The second-order valence-electron chi connectivity index (χ2n) is 4.86. The van der Waals surface area contributed by atoms with Crippen molar-refractivity contribution in [2.24, 2.45) is 11.7 Å². The number of rotatable bonds is 4. The van der Waals surface area contributed by atoms with Gasteiger partial charge in [0.15, 0.2) is 5.13 Å². The molecule has 3 N–H and O–H groups in total. The summed E-state index contributed by atoms with van der Waals surface area (Å²) >= 11 is 1.44. The summed E-state index contributed by atoms with van der Waals surface area (Å²) < 4.78 is 0. The maximum absolute atomic E-state index is 11.8. The van der Waals surface area contributed by atoms with Crippen molar-refractivity contribution in [3.63, 3.8) is 0 Å². The molecular formula is C12H20N4OS. The number of nitrogens with two attached hydrogens (primary N) is 1. The third-order valence-corrected chi connectivity index (χ3v) is 4.11. The van der Waals surface area contributed by atoms with Crippen LogP contribution in [0.3, 0.4) is 0 Å². The number of hydrogen-bond donors (Lipinski definition) is 2. The van der Waals surface area contributed by atoms with E-state index in [2.05, 4.69) is 22.1 Å². The summed E-state index contributed by atoms with van der Waals surface area (Å²) in [5.74, 6) is 0.618. The third-order valence-electron chi connectivity index (χ3n) is 3.42. The van der Waals surface area contributed by atoms with Crippen LogP contribution in [-0.2, 0) is 4.79 Å². The number of piperidine rings is 1. The lowest BCUT2D eigenvalue weighted by molar-refractivity contribution is -0.117. The van der Waals surface area contributed by atoms with Crippen molar-refractivity contribution in [3.05, 3.63) is 11.6 Å². The van der Waals surface area contributed by atoms with E-state index in [1.54, 1.807) is 6.20 Å². The lowest BCUT2D eigenvalue weighted by Crippen LogP contribution is -2.42. The summed E-state index contributed by atoms with van der Waals surface area (Å²) in [5, 5.41) is 5.33. The van der Waals surface area contributed by atoms with Gasteiger partial charge < -0.3 is 11.1 Å². The molecule has 1 saturated heterocycles. The van der Waals surface area contributed by atoms with Crippen molar-refractivity contribution in [1.29, 1.82) is 0 Å². The summed E-state index contributed by atoms with van der Waals surface area (Å²) in [4.78, 5) is 18.0. The fraction of sp³-hybridized carbons (Fsp3) is 0.667. The lowest BCUT2D eigenvalue weighted by Gasteiger charge is -2.33. The quantitative estimate of drug-likeness (QED) is 0.859. The molecule has 1 atom stereocenters. The zero-order valence-corrected chi connectivity index (χ0v) is 11.4. The van der Waals surface area contributed by atoms with Gasteiger partial charge in [-0.3, -0.25) is 9.69 Å². The standard InChI is InChI=1S/C12H20N4OS/c1-9(13)10-2-5-16(6-3-10)8-11(17)15-12-14-4-7-18-12/h4,7,9-10H,2-3,5-6,8,13H2,1H3,(H,14,15,17). The predicted octanol–water partition coefficient (Wildman–Crippen LogP) is 1.14. The van der Waals surface area contributed by atoms with Crippen LogP contribution in [0, 0.1) is 5.92 Å². The second kappa shape index (κ2) is 6.26. The Morgan fingerprint density at radius 1 is 1.67 bits per heavy atom. The molecule has 2 rings (SSSR count).